The van der Waals surface area contributed by atoms with Crippen LogP contribution < -0.4 is 20.6 Å². The minimum Gasteiger partial charge on any atom is -0.490 e. The Morgan fingerprint density at radius 2 is 1.83 bits per heavy atom. The van der Waals surface area contributed by atoms with Gasteiger partial charge in [0.2, 0.25) is 0 Å². The highest BCUT2D eigenvalue weighted by Crippen LogP contribution is 2.26. The van der Waals surface area contributed by atoms with Crippen molar-refractivity contribution in [2.24, 2.45) is 0 Å². The summed E-state index contributed by atoms with van der Waals surface area (Å²) in [6.07, 6.45) is 3.64. The molecule has 8 heteroatoms. The van der Waals surface area contributed by atoms with E-state index in [0.29, 0.717) is 29.0 Å². The van der Waals surface area contributed by atoms with Crippen LogP contribution in [0.2, 0.25) is 0 Å². The van der Waals surface area contributed by atoms with E-state index in [-0.39, 0.29) is 5.56 Å². The third-order valence-electron chi connectivity index (χ3n) is 6.04. The quantitative estimate of drug-likeness (QED) is 0.401. The third-order valence-corrected chi connectivity index (χ3v) is 6.04. The Hall–Kier alpha value is -4.20. The molecule has 0 aliphatic carbocycles. The zero-order chi connectivity index (χ0) is 24.2. The number of para-hydroxylation sites is 1. The summed E-state index contributed by atoms with van der Waals surface area (Å²) >= 11 is 0. The molecule has 35 heavy (non-hydrogen) atoms. The maximum absolute atomic E-state index is 12.8. The zero-order valence-corrected chi connectivity index (χ0v) is 19.5. The number of fused-ring (bicyclic) bond motifs is 1. The van der Waals surface area contributed by atoms with E-state index < -0.39 is 11.5 Å². The molecule has 1 amide bonds. The van der Waals surface area contributed by atoms with Crippen molar-refractivity contribution in [2.75, 3.05) is 29.9 Å². The van der Waals surface area contributed by atoms with Crippen LogP contribution in [0.25, 0.3) is 22.2 Å². The molecule has 0 atom stereocenters. The third kappa shape index (κ3) is 4.87. The maximum Gasteiger partial charge on any atom is 0.349 e. The molecule has 4 aromatic rings. The van der Waals surface area contributed by atoms with E-state index in [0.717, 1.165) is 30.2 Å². The monoisotopic (exact) mass is 470 g/mol. The Morgan fingerprint density at radius 3 is 2.54 bits per heavy atom. The van der Waals surface area contributed by atoms with Crippen molar-refractivity contribution < 1.29 is 13.9 Å². The second-order valence-corrected chi connectivity index (χ2v) is 8.41. The van der Waals surface area contributed by atoms with Crippen molar-refractivity contribution in [3.8, 4) is 17.0 Å². The van der Waals surface area contributed by atoms with Crippen molar-refractivity contribution in [1.82, 2.24) is 10.2 Å². The molecule has 1 saturated heterocycles. The first-order chi connectivity index (χ1) is 17.1. The number of carbonyl (C=O) groups excluding carboxylic acids is 1. The lowest BCUT2D eigenvalue weighted by Crippen LogP contribution is -2.30. The van der Waals surface area contributed by atoms with Crippen LogP contribution in [-0.2, 0) is 0 Å². The SMILES string of the molecule is CCOc1cccc2cc(C(=O)Nc3ccc(-c4ccc(N5CCCCC5)nn4)cc3)c(=O)oc12. The number of piperidine rings is 1. The highest BCUT2D eigenvalue weighted by molar-refractivity contribution is 6.05. The lowest BCUT2D eigenvalue weighted by Gasteiger charge is -2.27. The minimum atomic E-state index is -0.720. The Kier molecular flexibility index (Phi) is 6.43. The number of nitrogens with one attached hydrogen (secondary N) is 1. The molecule has 1 aliphatic rings. The largest absolute Gasteiger partial charge is 0.490 e. The molecule has 1 fully saturated rings. The molecule has 0 bridgehead atoms. The molecule has 1 aliphatic heterocycles. The molecule has 0 spiro atoms. The fourth-order valence-corrected chi connectivity index (χ4v) is 4.24. The van der Waals surface area contributed by atoms with Gasteiger partial charge in [0.15, 0.2) is 17.2 Å². The van der Waals surface area contributed by atoms with Gasteiger partial charge in [-0.05, 0) is 62.6 Å². The first-order valence-corrected chi connectivity index (χ1v) is 11.8. The number of amides is 1. The molecule has 2 aromatic heterocycles. The molecule has 1 N–H and O–H groups in total. The van der Waals surface area contributed by atoms with E-state index in [9.17, 15) is 9.59 Å². The molecular weight excluding hydrogens is 444 g/mol. The summed E-state index contributed by atoms with van der Waals surface area (Å²) in [6, 6.07) is 18.0. The van der Waals surface area contributed by atoms with E-state index >= 15 is 0 Å². The summed E-state index contributed by atoms with van der Waals surface area (Å²) in [6.45, 7) is 4.33. The first-order valence-electron chi connectivity index (χ1n) is 11.8. The van der Waals surface area contributed by atoms with Gasteiger partial charge in [0, 0.05) is 29.7 Å². The standard InChI is InChI=1S/C27H26N4O4/c1-2-34-23-8-6-7-19-17-21(27(33)35-25(19)23)26(32)28-20-11-9-18(10-12-20)22-13-14-24(30-29-22)31-15-4-3-5-16-31/h6-14,17H,2-5,15-16H2,1H3,(H,28,32). The van der Waals surface area contributed by atoms with Gasteiger partial charge in [-0.15, -0.1) is 10.2 Å². The molecule has 5 rings (SSSR count). The second-order valence-electron chi connectivity index (χ2n) is 8.41. The first kappa shape index (κ1) is 22.6. The van der Waals surface area contributed by atoms with Crippen LogP contribution in [-0.4, -0.2) is 35.8 Å². The van der Waals surface area contributed by atoms with E-state index in [1.807, 2.05) is 31.2 Å². The van der Waals surface area contributed by atoms with Crippen molar-refractivity contribution in [2.45, 2.75) is 26.2 Å². The number of ether oxygens (including phenoxy) is 1. The van der Waals surface area contributed by atoms with Crippen molar-refractivity contribution in [3.63, 3.8) is 0 Å². The number of anilines is 2. The smallest absolute Gasteiger partial charge is 0.349 e. The van der Waals surface area contributed by atoms with E-state index in [4.69, 9.17) is 9.15 Å². The molecule has 0 radical (unpaired) electrons. The Morgan fingerprint density at radius 1 is 1.03 bits per heavy atom. The van der Waals surface area contributed by atoms with E-state index in [1.54, 1.807) is 30.3 Å². The highest BCUT2D eigenvalue weighted by Gasteiger charge is 2.16. The fourth-order valence-electron chi connectivity index (χ4n) is 4.24. The predicted octanol–water partition coefficient (Wildman–Crippen LogP) is 4.89. The minimum absolute atomic E-state index is 0.0746. The Labute approximate surface area is 202 Å². The van der Waals surface area contributed by atoms with Gasteiger partial charge in [-0.1, -0.05) is 24.3 Å². The summed E-state index contributed by atoms with van der Waals surface area (Å²) in [5.41, 5.74) is 1.72. The molecule has 8 nitrogen and oxygen atoms in total. The van der Waals surface area contributed by atoms with E-state index in [1.165, 1.54) is 25.3 Å². The fraction of sp³-hybridized carbons (Fsp3) is 0.259. The van der Waals surface area contributed by atoms with Gasteiger partial charge in [0.25, 0.3) is 5.91 Å². The number of rotatable bonds is 6. The van der Waals surface area contributed by atoms with Crippen LogP contribution >= 0.6 is 0 Å². The Balaban J connectivity index is 1.30. The highest BCUT2D eigenvalue weighted by atomic mass is 16.5. The molecule has 2 aromatic carbocycles. The average molecular weight is 471 g/mol. The van der Waals surface area contributed by atoms with Gasteiger partial charge in [-0.25, -0.2) is 4.79 Å². The topological polar surface area (TPSA) is 97.6 Å². The van der Waals surface area contributed by atoms with Crippen molar-refractivity contribution in [1.29, 1.82) is 0 Å². The van der Waals surface area contributed by atoms with Gasteiger partial charge in [0.05, 0.1) is 12.3 Å². The summed E-state index contributed by atoms with van der Waals surface area (Å²) in [4.78, 5) is 27.6. The van der Waals surface area contributed by atoms with Crippen molar-refractivity contribution in [3.05, 3.63) is 76.6 Å². The Bertz CT molecular complexity index is 1390. The number of hydrogen-bond acceptors (Lipinski definition) is 7. The molecular formula is C27H26N4O4. The van der Waals surface area contributed by atoms with Gasteiger partial charge in [-0.2, -0.15) is 0 Å². The number of nitrogens with zero attached hydrogens (tertiary/aromatic N) is 3. The molecule has 3 heterocycles. The van der Waals surface area contributed by atoms with Crippen LogP contribution in [0.3, 0.4) is 0 Å². The number of carbonyl (C=O) groups is 1. The van der Waals surface area contributed by atoms with Crippen LogP contribution in [0, 0.1) is 0 Å². The summed E-state index contributed by atoms with van der Waals surface area (Å²) in [5, 5.41) is 12.1. The van der Waals surface area contributed by atoms with Gasteiger partial charge in [-0.3, -0.25) is 4.79 Å². The van der Waals surface area contributed by atoms with Gasteiger partial charge >= 0.3 is 5.63 Å². The predicted molar refractivity (Wildman–Crippen MR) is 135 cm³/mol. The van der Waals surface area contributed by atoms with Crippen LogP contribution in [0.4, 0.5) is 11.5 Å². The van der Waals surface area contributed by atoms with Crippen LogP contribution in [0.1, 0.15) is 36.5 Å². The van der Waals surface area contributed by atoms with Crippen molar-refractivity contribution >= 4 is 28.4 Å². The average Bonchev–Trinajstić information content (AvgIpc) is 2.90. The maximum atomic E-state index is 12.8. The molecule has 178 valence electrons. The van der Waals surface area contributed by atoms with Crippen LogP contribution in [0.15, 0.2) is 69.9 Å². The normalized spacial score (nSPS) is 13.6. The number of aromatic nitrogens is 2. The summed E-state index contributed by atoms with van der Waals surface area (Å²) in [5.74, 6) is 0.831. The lowest BCUT2D eigenvalue weighted by molar-refractivity contribution is 0.102. The number of hydrogen-bond donors (Lipinski definition) is 1. The second kappa shape index (κ2) is 9.97. The van der Waals surface area contributed by atoms with Crippen LogP contribution in [0.5, 0.6) is 5.75 Å². The van der Waals surface area contributed by atoms with Gasteiger partial charge in [0.1, 0.15) is 5.56 Å². The lowest BCUT2D eigenvalue weighted by atomic mass is 10.1. The molecule has 0 unspecified atom stereocenters. The van der Waals surface area contributed by atoms with E-state index in [2.05, 4.69) is 20.4 Å². The molecule has 0 saturated carbocycles. The summed E-state index contributed by atoms with van der Waals surface area (Å²) < 4.78 is 10.9. The summed E-state index contributed by atoms with van der Waals surface area (Å²) in [7, 11) is 0. The zero-order valence-electron chi connectivity index (χ0n) is 19.5. The van der Waals surface area contributed by atoms with Gasteiger partial charge < -0.3 is 19.4 Å². The number of benzene rings is 2.